The van der Waals surface area contributed by atoms with Crippen LogP contribution in [0.25, 0.3) is 22.2 Å². The Kier molecular flexibility index (Phi) is 5.79. The molecule has 0 spiro atoms. The highest BCUT2D eigenvalue weighted by atomic mass is 16.5. The SMILES string of the molecule is CCCCc1cnc(-c2ccc3[nH]ccc3c2)c(N2CCC(C(=O)OC)CC2)n1. The fraction of sp³-hybridized carbons (Fsp3) is 0.435. The maximum absolute atomic E-state index is 11.9. The summed E-state index contributed by atoms with van der Waals surface area (Å²) in [6.45, 7) is 3.75. The number of fused-ring (bicyclic) bond motifs is 1. The van der Waals surface area contributed by atoms with E-state index in [9.17, 15) is 4.79 Å². The zero-order chi connectivity index (χ0) is 20.2. The van der Waals surface area contributed by atoms with Crippen molar-refractivity contribution in [2.45, 2.75) is 39.0 Å². The number of aryl methyl sites for hydroxylation is 1. The largest absolute Gasteiger partial charge is 0.469 e. The summed E-state index contributed by atoms with van der Waals surface area (Å²) in [6.07, 6.45) is 8.60. The number of carbonyl (C=O) groups is 1. The molecule has 0 radical (unpaired) electrons. The molecular weight excluding hydrogens is 364 g/mol. The number of hydrogen-bond acceptors (Lipinski definition) is 5. The van der Waals surface area contributed by atoms with Gasteiger partial charge in [0.05, 0.1) is 18.7 Å². The van der Waals surface area contributed by atoms with Gasteiger partial charge in [0, 0.05) is 41.9 Å². The molecule has 1 N–H and O–H groups in total. The zero-order valence-corrected chi connectivity index (χ0v) is 17.1. The predicted molar refractivity (Wildman–Crippen MR) is 115 cm³/mol. The minimum Gasteiger partial charge on any atom is -0.469 e. The molecule has 3 aromatic rings. The Hall–Kier alpha value is -2.89. The standard InChI is InChI=1S/C23H28N4O2/c1-3-4-5-19-15-25-21(18-6-7-20-17(14-18)8-11-24-20)22(26-19)27-12-9-16(10-13-27)23(28)29-2/h6-8,11,14-16,24H,3-5,9-10,12-13H2,1-2H3. The van der Waals surface area contributed by atoms with Crippen molar-refractivity contribution in [2.75, 3.05) is 25.1 Å². The maximum Gasteiger partial charge on any atom is 0.308 e. The molecule has 29 heavy (non-hydrogen) atoms. The second kappa shape index (κ2) is 8.64. The van der Waals surface area contributed by atoms with Gasteiger partial charge in [-0.05, 0) is 43.9 Å². The van der Waals surface area contributed by atoms with Crippen LogP contribution in [0.3, 0.4) is 0 Å². The fourth-order valence-electron chi connectivity index (χ4n) is 4.01. The topological polar surface area (TPSA) is 71.1 Å². The summed E-state index contributed by atoms with van der Waals surface area (Å²) in [7, 11) is 1.46. The molecule has 1 fully saturated rings. The third kappa shape index (κ3) is 4.11. The van der Waals surface area contributed by atoms with E-state index in [1.54, 1.807) is 0 Å². The molecule has 0 aliphatic carbocycles. The van der Waals surface area contributed by atoms with Gasteiger partial charge in [-0.3, -0.25) is 9.78 Å². The van der Waals surface area contributed by atoms with E-state index in [-0.39, 0.29) is 11.9 Å². The third-order valence-electron chi connectivity index (χ3n) is 5.75. The number of esters is 1. The molecule has 0 atom stereocenters. The smallest absolute Gasteiger partial charge is 0.308 e. The number of ether oxygens (including phenoxy) is 1. The van der Waals surface area contributed by atoms with Crippen LogP contribution in [0.15, 0.2) is 36.7 Å². The number of hydrogen-bond donors (Lipinski definition) is 1. The molecule has 3 heterocycles. The van der Waals surface area contributed by atoms with Crippen LogP contribution in [0.2, 0.25) is 0 Å². The number of unbranched alkanes of at least 4 members (excludes halogenated alkanes) is 1. The molecule has 1 aromatic carbocycles. The lowest BCUT2D eigenvalue weighted by molar-refractivity contribution is -0.146. The van der Waals surface area contributed by atoms with Crippen LogP contribution in [-0.4, -0.2) is 41.1 Å². The van der Waals surface area contributed by atoms with Gasteiger partial charge in [-0.25, -0.2) is 4.98 Å². The molecular formula is C23H28N4O2. The van der Waals surface area contributed by atoms with Crippen LogP contribution in [0.5, 0.6) is 0 Å². The van der Waals surface area contributed by atoms with Crippen molar-refractivity contribution in [3.63, 3.8) is 0 Å². The van der Waals surface area contributed by atoms with Gasteiger partial charge in [-0.1, -0.05) is 19.4 Å². The number of anilines is 1. The van der Waals surface area contributed by atoms with E-state index >= 15 is 0 Å². The van der Waals surface area contributed by atoms with Gasteiger partial charge in [0.1, 0.15) is 5.69 Å². The summed E-state index contributed by atoms with van der Waals surface area (Å²) in [4.78, 5) is 27.3. The molecule has 0 saturated carbocycles. The van der Waals surface area contributed by atoms with Crippen LogP contribution in [0.1, 0.15) is 38.3 Å². The molecule has 1 aliphatic rings. The Morgan fingerprint density at radius 1 is 1.28 bits per heavy atom. The van der Waals surface area contributed by atoms with E-state index < -0.39 is 0 Å². The van der Waals surface area contributed by atoms with Crippen LogP contribution in [0, 0.1) is 5.92 Å². The Labute approximate surface area is 171 Å². The summed E-state index contributed by atoms with van der Waals surface area (Å²) in [5.74, 6) is 0.800. The van der Waals surface area contributed by atoms with E-state index in [0.717, 1.165) is 78.9 Å². The van der Waals surface area contributed by atoms with Crippen LogP contribution >= 0.6 is 0 Å². The summed E-state index contributed by atoms with van der Waals surface area (Å²) in [5.41, 5.74) is 4.12. The number of nitrogens with zero attached hydrogens (tertiary/aromatic N) is 3. The Balaban J connectivity index is 1.67. The van der Waals surface area contributed by atoms with Crippen LogP contribution in [-0.2, 0) is 16.0 Å². The van der Waals surface area contributed by atoms with Crippen LogP contribution in [0.4, 0.5) is 5.82 Å². The molecule has 152 valence electrons. The first kappa shape index (κ1) is 19.4. The van der Waals surface area contributed by atoms with E-state index in [1.807, 2.05) is 12.4 Å². The van der Waals surface area contributed by atoms with Crippen molar-refractivity contribution in [2.24, 2.45) is 5.92 Å². The number of H-pyrrole nitrogens is 1. The molecule has 4 rings (SSSR count). The van der Waals surface area contributed by atoms with E-state index in [4.69, 9.17) is 14.7 Å². The first-order chi connectivity index (χ1) is 14.2. The lowest BCUT2D eigenvalue weighted by atomic mass is 9.96. The zero-order valence-electron chi connectivity index (χ0n) is 17.1. The quantitative estimate of drug-likeness (QED) is 0.631. The molecule has 0 amide bonds. The van der Waals surface area contributed by atoms with Gasteiger partial charge < -0.3 is 14.6 Å². The highest BCUT2D eigenvalue weighted by molar-refractivity contribution is 5.86. The van der Waals surface area contributed by atoms with E-state index in [2.05, 4.69) is 41.1 Å². The number of methoxy groups -OCH3 is 1. The molecule has 1 saturated heterocycles. The second-order valence-electron chi connectivity index (χ2n) is 7.70. The van der Waals surface area contributed by atoms with Crippen molar-refractivity contribution < 1.29 is 9.53 Å². The highest BCUT2D eigenvalue weighted by Gasteiger charge is 2.28. The normalized spacial score (nSPS) is 15.0. The molecule has 0 unspecified atom stereocenters. The Bertz CT molecular complexity index is 989. The minimum absolute atomic E-state index is 0.0212. The Morgan fingerprint density at radius 2 is 2.10 bits per heavy atom. The average molecular weight is 393 g/mol. The Morgan fingerprint density at radius 3 is 2.86 bits per heavy atom. The van der Waals surface area contributed by atoms with Gasteiger partial charge in [0.25, 0.3) is 0 Å². The van der Waals surface area contributed by atoms with Crippen molar-refractivity contribution >= 4 is 22.7 Å². The number of nitrogens with one attached hydrogen (secondary N) is 1. The molecule has 6 heteroatoms. The van der Waals surface area contributed by atoms with Gasteiger partial charge in [0.2, 0.25) is 0 Å². The number of rotatable bonds is 6. The van der Waals surface area contributed by atoms with E-state index in [0.29, 0.717) is 0 Å². The molecule has 1 aliphatic heterocycles. The molecule has 2 aromatic heterocycles. The van der Waals surface area contributed by atoms with Gasteiger partial charge in [-0.2, -0.15) is 0 Å². The number of benzene rings is 1. The summed E-state index contributed by atoms with van der Waals surface area (Å²) >= 11 is 0. The van der Waals surface area contributed by atoms with E-state index in [1.165, 1.54) is 7.11 Å². The van der Waals surface area contributed by atoms with Crippen molar-refractivity contribution in [1.29, 1.82) is 0 Å². The average Bonchev–Trinajstić information content (AvgIpc) is 3.25. The van der Waals surface area contributed by atoms with Gasteiger partial charge >= 0.3 is 5.97 Å². The first-order valence-corrected chi connectivity index (χ1v) is 10.5. The first-order valence-electron chi connectivity index (χ1n) is 10.5. The minimum atomic E-state index is -0.106. The van der Waals surface area contributed by atoms with Crippen molar-refractivity contribution in [3.8, 4) is 11.3 Å². The predicted octanol–water partition coefficient (Wildman–Crippen LogP) is 4.36. The number of carbonyl (C=O) groups excluding carboxylic acids is 1. The summed E-state index contributed by atoms with van der Waals surface area (Å²) < 4.78 is 4.93. The van der Waals surface area contributed by atoms with Crippen molar-refractivity contribution in [3.05, 3.63) is 42.4 Å². The lowest BCUT2D eigenvalue weighted by Gasteiger charge is -2.32. The molecule has 6 nitrogen and oxygen atoms in total. The number of piperidine rings is 1. The monoisotopic (exact) mass is 392 g/mol. The third-order valence-corrected chi connectivity index (χ3v) is 5.75. The highest BCUT2D eigenvalue weighted by Crippen LogP contribution is 2.32. The van der Waals surface area contributed by atoms with Crippen LogP contribution < -0.4 is 4.90 Å². The van der Waals surface area contributed by atoms with Gasteiger partial charge in [0.15, 0.2) is 5.82 Å². The molecule has 0 bridgehead atoms. The number of aromatic amines is 1. The fourth-order valence-corrected chi connectivity index (χ4v) is 4.01. The maximum atomic E-state index is 11.9. The lowest BCUT2D eigenvalue weighted by Crippen LogP contribution is -2.37. The van der Waals surface area contributed by atoms with Crippen molar-refractivity contribution in [1.82, 2.24) is 15.0 Å². The second-order valence-corrected chi connectivity index (χ2v) is 7.70. The van der Waals surface area contributed by atoms with Gasteiger partial charge in [-0.15, -0.1) is 0 Å². The number of aromatic nitrogens is 3. The summed E-state index contributed by atoms with van der Waals surface area (Å²) in [6, 6.07) is 8.42. The summed E-state index contributed by atoms with van der Waals surface area (Å²) in [5, 5.41) is 1.16.